The lowest BCUT2D eigenvalue weighted by Crippen LogP contribution is -1.95. The molecule has 0 aromatic rings. The highest BCUT2D eigenvalue weighted by molar-refractivity contribution is 4.74. The smallest absolute Gasteiger partial charge is 0.0664 e. The predicted molar refractivity (Wildman–Crippen MR) is 76.0 cm³/mol. The molecule has 0 fully saturated rings. The molecule has 0 spiro atoms. The maximum Gasteiger partial charge on any atom is 0.0664 e. The highest BCUT2D eigenvalue weighted by Gasteiger charge is 1.92. The summed E-state index contributed by atoms with van der Waals surface area (Å²) in [6.45, 7) is 3.81. The summed E-state index contributed by atoms with van der Waals surface area (Å²) in [5.74, 6) is 0. The fourth-order valence-corrected chi connectivity index (χ4v) is 1.90. The summed E-state index contributed by atoms with van der Waals surface area (Å²) < 4.78 is 5.38. The van der Waals surface area contributed by atoms with Gasteiger partial charge in [0.25, 0.3) is 0 Å². The first-order chi connectivity index (χ1) is 8.41. The molecule has 0 atom stereocenters. The molecule has 0 aliphatic carbocycles. The second-order valence-corrected chi connectivity index (χ2v) is 4.69. The number of hydrogen-bond donors (Lipinski definition) is 1. The van der Waals surface area contributed by atoms with Crippen LogP contribution in [-0.2, 0) is 4.74 Å². The average Bonchev–Trinajstić information content (AvgIpc) is 2.35. The SMILES string of the molecule is CCCCCCCCCCCCOC/C=C/N. The van der Waals surface area contributed by atoms with Crippen molar-refractivity contribution in [1.29, 1.82) is 0 Å². The van der Waals surface area contributed by atoms with Gasteiger partial charge in [0.2, 0.25) is 0 Å². The average molecular weight is 241 g/mol. The molecule has 17 heavy (non-hydrogen) atoms. The number of hydrogen-bond acceptors (Lipinski definition) is 2. The van der Waals surface area contributed by atoms with E-state index in [0.717, 1.165) is 6.61 Å². The Morgan fingerprint density at radius 2 is 1.35 bits per heavy atom. The minimum Gasteiger partial charge on any atom is -0.405 e. The van der Waals surface area contributed by atoms with Crippen molar-refractivity contribution in [1.82, 2.24) is 0 Å². The van der Waals surface area contributed by atoms with Gasteiger partial charge in [-0.1, -0.05) is 64.7 Å². The molecule has 0 aromatic heterocycles. The summed E-state index contributed by atoms with van der Waals surface area (Å²) in [6, 6.07) is 0. The van der Waals surface area contributed by atoms with E-state index >= 15 is 0 Å². The molecule has 0 aliphatic rings. The minimum atomic E-state index is 0.661. The first-order valence-electron chi connectivity index (χ1n) is 7.36. The third kappa shape index (κ3) is 15.5. The fraction of sp³-hybridized carbons (Fsp3) is 0.867. The van der Waals surface area contributed by atoms with Crippen molar-refractivity contribution < 1.29 is 4.74 Å². The van der Waals surface area contributed by atoms with Crippen molar-refractivity contribution in [3.63, 3.8) is 0 Å². The minimum absolute atomic E-state index is 0.661. The molecular formula is C15H31NO. The van der Waals surface area contributed by atoms with Crippen molar-refractivity contribution >= 4 is 0 Å². The quantitative estimate of drug-likeness (QED) is 0.485. The van der Waals surface area contributed by atoms with Crippen molar-refractivity contribution in [3.05, 3.63) is 12.3 Å². The molecular weight excluding hydrogens is 210 g/mol. The Hall–Kier alpha value is -0.500. The van der Waals surface area contributed by atoms with Crippen LogP contribution < -0.4 is 5.73 Å². The first-order valence-corrected chi connectivity index (χ1v) is 7.36. The van der Waals surface area contributed by atoms with Gasteiger partial charge >= 0.3 is 0 Å². The van der Waals surface area contributed by atoms with Crippen LogP contribution in [0.25, 0.3) is 0 Å². The van der Waals surface area contributed by atoms with Gasteiger partial charge < -0.3 is 10.5 Å². The van der Waals surface area contributed by atoms with Crippen molar-refractivity contribution in [2.24, 2.45) is 5.73 Å². The molecule has 0 aliphatic heterocycles. The Morgan fingerprint density at radius 1 is 0.824 bits per heavy atom. The summed E-state index contributed by atoms with van der Waals surface area (Å²) in [6.07, 6.45) is 17.1. The topological polar surface area (TPSA) is 35.2 Å². The van der Waals surface area contributed by atoms with Crippen molar-refractivity contribution in [3.8, 4) is 0 Å². The lowest BCUT2D eigenvalue weighted by molar-refractivity contribution is 0.157. The summed E-state index contributed by atoms with van der Waals surface area (Å²) in [5.41, 5.74) is 5.21. The second kappa shape index (κ2) is 15.5. The molecule has 0 bridgehead atoms. The Labute approximate surface area is 108 Å². The van der Waals surface area contributed by atoms with Gasteiger partial charge in [-0.3, -0.25) is 0 Å². The van der Waals surface area contributed by atoms with E-state index in [4.69, 9.17) is 10.5 Å². The Bertz CT molecular complexity index is 157. The third-order valence-corrected chi connectivity index (χ3v) is 2.99. The molecule has 2 N–H and O–H groups in total. The van der Waals surface area contributed by atoms with Crippen LogP contribution in [0.2, 0.25) is 0 Å². The normalized spacial score (nSPS) is 11.4. The van der Waals surface area contributed by atoms with Crippen LogP contribution in [0, 0.1) is 0 Å². The van der Waals surface area contributed by atoms with Crippen LogP contribution >= 0.6 is 0 Å². The maximum absolute atomic E-state index is 5.38. The van der Waals surface area contributed by atoms with Crippen LogP contribution in [0.1, 0.15) is 71.1 Å². The third-order valence-electron chi connectivity index (χ3n) is 2.99. The molecule has 0 aromatic carbocycles. The predicted octanol–water partition coefficient (Wildman–Crippen LogP) is 4.40. The number of unbranched alkanes of at least 4 members (excludes halogenated alkanes) is 9. The van der Waals surface area contributed by atoms with Crippen LogP contribution in [0.3, 0.4) is 0 Å². The fourth-order valence-electron chi connectivity index (χ4n) is 1.90. The first kappa shape index (κ1) is 16.5. The largest absolute Gasteiger partial charge is 0.405 e. The Kier molecular flexibility index (Phi) is 15.0. The van der Waals surface area contributed by atoms with Crippen LogP contribution in [-0.4, -0.2) is 13.2 Å². The van der Waals surface area contributed by atoms with Crippen LogP contribution in [0.15, 0.2) is 12.3 Å². The lowest BCUT2D eigenvalue weighted by Gasteiger charge is -2.02. The van der Waals surface area contributed by atoms with Crippen molar-refractivity contribution in [2.45, 2.75) is 71.1 Å². The summed E-state index contributed by atoms with van der Waals surface area (Å²) in [5, 5.41) is 0. The van der Waals surface area contributed by atoms with E-state index in [-0.39, 0.29) is 0 Å². The second-order valence-electron chi connectivity index (χ2n) is 4.69. The zero-order valence-electron chi connectivity index (χ0n) is 11.6. The summed E-state index contributed by atoms with van der Waals surface area (Å²) in [7, 11) is 0. The monoisotopic (exact) mass is 241 g/mol. The number of rotatable bonds is 13. The van der Waals surface area contributed by atoms with Gasteiger partial charge in [-0.25, -0.2) is 0 Å². The van der Waals surface area contributed by atoms with Crippen LogP contribution in [0.5, 0.6) is 0 Å². The maximum atomic E-state index is 5.38. The van der Waals surface area contributed by atoms with Crippen molar-refractivity contribution in [2.75, 3.05) is 13.2 Å². The zero-order chi connectivity index (χ0) is 12.6. The van der Waals surface area contributed by atoms with E-state index in [1.807, 2.05) is 6.08 Å². The summed E-state index contributed by atoms with van der Waals surface area (Å²) in [4.78, 5) is 0. The van der Waals surface area contributed by atoms with E-state index in [1.54, 1.807) is 6.20 Å². The molecule has 0 amide bonds. The standard InChI is InChI=1S/C15H31NO/c1-2-3-4-5-6-7-8-9-10-11-14-17-15-12-13-16/h12-13H,2-11,14-16H2,1H3/b13-12+. The molecule has 0 rings (SSSR count). The highest BCUT2D eigenvalue weighted by Crippen LogP contribution is 2.10. The van der Waals surface area contributed by atoms with Gasteiger partial charge in [-0.2, -0.15) is 0 Å². The van der Waals surface area contributed by atoms with Crippen LogP contribution in [0.4, 0.5) is 0 Å². The Morgan fingerprint density at radius 3 is 1.88 bits per heavy atom. The molecule has 0 heterocycles. The van der Waals surface area contributed by atoms with E-state index in [1.165, 1.54) is 64.2 Å². The van der Waals surface area contributed by atoms with E-state index in [2.05, 4.69) is 6.92 Å². The van der Waals surface area contributed by atoms with E-state index < -0.39 is 0 Å². The molecule has 0 saturated carbocycles. The number of ether oxygens (including phenoxy) is 1. The Balaban J connectivity index is 2.89. The lowest BCUT2D eigenvalue weighted by atomic mass is 10.1. The van der Waals surface area contributed by atoms with E-state index in [9.17, 15) is 0 Å². The highest BCUT2D eigenvalue weighted by atomic mass is 16.5. The van der Waals surface area contributed by atoms with Gasteiger partial charge in [0.05, 0.1) is 6.61 Å². The van der Waals surface area contributed by atoms with Gasteiger partial charge in [0.1, 0.15) is 0 Å². The van der Waals surface area contributed by atoms with Gasteiger partial charge in [-0.05, 0) is 18.7 Å². The molecule has 2 heteroatoms. The molecule has 102 valence electrons. The van der Waals surface area contributed by atoms with E-state index in [0.29, 0.717) is 6.61 Å². The number of nitrogens with two attached hydrogens (primary N) is 1. The zero-order valence-corrected chi connectivity index (χ0v) is 11.6. The molecule has 0 unspecified atom stereocenters. The van der Waals surface area contributed by atoms with Gasteiger partial charge in [0, 0.05) is 6.61 Å². The summed E-state index contributed by atoms with van der Waals surface area (Å²) >= 11 is 0. The van der Waals surface area contributed by atoms with Gasteiger partial charge in [-0.15, -0.1) is 0 Å². The molecule has 0 saturated heterocycles. The molecule has 2 nitrogen and oxygen atoms in total. The molecule has 0 radical (unpaired) electrons. The van der Waals surface area contributed by atoms with Gasteiger partial charge in [0.15, 0.2) is 0 Å².